The van der Waals surface area contributed by atoms with Crippen LogP contribution in [-0.4, -0.2) is 37.8 Å². The van der Waals surface area contributed by atoms with Crippen molar-refractivity contribution in [2.24, 2.45) is 0 Å². The van der Waals surface area contributed by atoms with Crippen molar-refractivity contribution in [1.82, 2.24) is 4.90 Å². The van der Waals surface area contributed by atoms with Crippen LogP contribution in [-0.2, 0) is 0 Å². The number of carbonyl (C=O) groups is 1. The number of nitrogens with zero attached hydrogens (tertiary/aromatic N) is 1. The minimum atomic E-state index is 0.0170. The third kappa shape index (κ3) is 3.05. The smallest absolute Gasteiger partial charge is 0.254 e. The first kappa shape index (κ1) is 15.6. The predicted octanol–water partition coefficient (Wildman–Crippen LogP) is 3.35. The van der Waals surface area contributed by atoms with Gasteiger partial charge in [-0.05, 0) is 47.9 Å². The average Bonchev–Trinajstić information content (AvgIpc) is 3.15. The number of amides is 1. The van der Waals surface area contributed by atoms with Crippen LogP contribution in [0.25, 0.3) is 5.57 Å². The first-order valence-corrected chi connectivity index (χ1v) is 8.27. The van der Waals surface area contributed by atoms with Crippen molar-refractivity contribution < 1.29 is 19.0 Å². The Hall–Kier alpha value is -2.95. The summed E-state index contributed by atoms with van der Waals surface area (Å²) in [5.74, 6) is 2.19. The normalized spacial score (nSPS) is 15.7. The first-order chi connectivity index (χ1) is 12.2. The summed E-state index contributed by atoms with van der Waals surface area (Å²) < 4.78 is 15.8. The molecule has 0 saturated heterocycles. The van der Waals surface area contributed by atoms with Crippen LogP contribution in [0.3, 0.4) is 0 Å². The van der Waals surface area contributed by atoms with E-state index in [9.17, 15) is 4.79 Å². The van der Waals surface area contributed by atoms with Crippen molar-refractivity contribution in [1.29, 1.82) is 0 Å². The minimum Gasteiger partial charge on any atom is -0.497 e. The summed E-state index contributed by atoms with van der Waals surface area (Å²) in [4.78, 5) is 14.6. The maximum atomic E-state index is 12.7. The molecule has 4 rings (SSSR count). The Balaban J connectivity index is 1.46. The van der Waals surface area contributed by atoms with Crippen LogP contribution >= 0.6 is 0 Å². The average molecular weight is 337 g/mol. The number of hydrogen-bond donors (Lipinski definition) is 0. The van der Waals surface area contributed by atoms with Crippen molar-refractivity contribution in [2.75, 3.05) is 27.0 Å². The zero-order chi connectivity index (χ0) is 17.2. The topological polar surface area (TPSA) is 48.0 Å². The Labute approximate surface area is 146 Å². The van der Waals surface area contributed by atoms with Gasteiger partial charge in [0.25, 0.3) is 5.91 Å². The summed E-state index contributed by atoms with van der Waals surface area (Å²) >= 11 is 0. The van der Waals surface area contributed by atoms with E-state index in [1.807, 2.05) is 17.0 Å². The van der Waals surface area contributed by atoms with Gasteiger partial charge < -0.3 is 19.1 Å². The standard InChI is InChI=1S/C20H19NO4/c1-23-17-5-2-14(3-6-17)15-8-10-21(11-9-15)20(22)16-4-7-18-19(12-16)25-13-24-18/h2-8,12H,9-11,13H2,1H3. The summed E-state index contributed by atoms with van der Waals surface area (Å²) in [6.07, 6.45) is 2.96. The lowest BCUT2D eigenvalue weighted by molar-refractivity contribution is 0.0772. The van der Waals surface area contributed by atoms with Crippen molar-refractivity contribution in [3.8, 4) is 17.2 Å². The number of ether oxygens (including phenoxy) is 3. The fraction of sp³-hybridized carbons (Fsp3) is 0.250. The fourth-order valence-electron chi connectivity index (χ4n) is 3.13. The van der Waals surface area contributed by atoms with E-state index in [4.69, 9.17) is 14.2 Å². The Morgan fingerprint density at radius 3 is 2.60 bits per heavy atom. The fourth-order valence-corrected chi connectivity index (χ4v) is 3.13. The minimum absolute atomic E-state index is 0.0170. The highest BCUT2D eigenvalue weighted by Gasteiger charge is 2.22. The molecule has 0 N–H and O–H groups in total. The molecule has 0 bridgehead atoms. The lowest BCUT2D eigenvalue weighted by Gasteiger charge is -2.27. The molecule has 2 aliphatic heterocycles. The van der Waals surface area contributed by atoms with Gasteiger partial charge in [-0.2, -0.15) is 0 Å². The molecule has 1 amide bonds. The van der Waals surface area contributed by atoms with Crippen LogP contribution < -0.4 is 14.2 Å². The molecule has 0 spiro atoms. The van der Waals surface area contributed by atoms with Gasteiger partial charge in [0, 0.05) is 18.7 Å². The van der Waals surface area contributed by atoms with Gasteiger partial charge in [0.05, 0.1) is 7.11 Å². The predicted molar refractivity (Wildman–Crippen MR) is 94.1 cm³/mol. The van der Waals surface area contributed by atoms with Gasteiger partial charge in [0.1, 0.15) is 5.75 Å². The van der Waals surface area contributed by atoms with Crippen molar-refractivity contribution in [3.63, 3.8) is 0 Å². The van der Waals surface area contributed by atoms with Gasteiger partial charge in [-0.25, -0.2) is 0 Å². The second-order valence-corrected chi connectivity index (χ2v) is 6.03. The molecule has 0 aromatic heterocycles. The van der Waals surface area contributed by atoms with E-state index < -0.39 is 0 Å². The number of rotatable bonds is 3. The van der Waals surface area contributed by atoms with Crippen molar-refractivity contribution in [2.45, 2.75) is 6.42 Å². The van der Waals surface area contributed by atoms with Gasteiger partial charge in [-0.1, -0.05) is 18.2 Å². The van der Waals surface area contributed by atoms with Gasteiger partial charge in [-0.15, -0.1) is 0 Å². The molecule has 0 aliphatic carbocycles. The first-order valence-electron chi connectivity index (χ1n) is 8.27. The quantitative estimate of drug-likeness (QED) is 0.862. The molecule has 25 heavy (non-hydrogen) atoms. The summed E-state index contributed by atoms with van der Waals surface area (Å²) in [7, 11) is 1.66. The molecule has 0 saturated carbocycles. The highest BCUT2D eigenvalue weighted by atomic mass is 16.7. The van der Waals surface area contributed by atoms with Crippen LogP contribution in [0.15, 0.2) is 48.5 Å². The number of benzene rings is 2. The van der Waals surface area contributed by atoms with Crippen LogP contribution in [0, 0.1) is 0 Å². The molecule has 2 aromatic rings. The zero-order valence-electron chi connectivity index (χ0n) is 14.0. The summed E-state index contributed by atoms with van der Waals surface area (Å²) in [5.41, 5.74) is 3.07. The Bertz CT molecular complexity index is 826. The van der Waals surface area contributed by atoms with E-state index in [0.29, 0.717) is 30.2 Å². The number of fused-ring (bicyclic) bond motifs is 1. The maximum Gasteiger partial charge on any atom is 0.254 e. The van der Waals surface area contributed by atoms with E-state index >= 15 is 0 Å². The molecule has 0 unspecified atom stereocenters. The maximum absolute atomic E-state index is 12.7. The molecule has 2 aliphatic rings. The van der Waals surface area contributed by atoms with Crippen LogP contribution in [0.2, 0.25) is 0 Å². The number of hydrogen-bond acceptors (Lipinski definition) is 4. The van der Waals surface area contributed by atoms with E-state index in [-0.39, 0.29) is 12.7 Å². The Kier molecular flexibility index (Phi) is 4.06. The Morgan fingerprint density at radius 2 is 1.88 bits per heavy atom. The summed E-state index contributed by atoms with van der Waals surface area (Å²) in [6.45, 7) is 1.52. The Morgan fingerprint density at radius 1 is 1.08 bits per heavy atom. The zero-order valence-corrected chi connectivity index (χ0v) is 14.0. The van der Waals surface area contributed by atoms with Gasteiger partial charge in [-0.3, -0.25) is 4.79 Å². The van der Waals surface area contributed by atoms with Crippen LogP contribution in [0.5, 0.6) is 17.2 Å². The molecule has 2 heterocycles. The molecule has 0 radical (unpaired) electrons. The van der Waals surface area contributed by atoms with E-state index in [0.717, 1.165) is 12.2 Å². The summed E-state index contributed by atoms with van der Waals surface area (Å²) in [5, 5.41) is 0. The monoisotopic (exact) mass is 337 g/mol. The number of carbonyl (C=O) groups excluding carboxylic acids is 1. The third-order valence-corrected chi connectivity index (χ3v) is 4.58. The van der Waals surface area contributed by atoms with Gasteiger partial charge in [0.15, 0.2) is 11.5 Å². The van der Waals surface area contributed by atoms with Gasteiger partial charge in [0.2, 0.25) is 6.79 Å². The van der Waals surface area contributed by atoms with E-state index in [1.54, 1.807) is 25.3 Å². The second kappa shape index (κ2) is 6.51. The number of methoxy groups -OCH3 is 1. The lowest BCUT2D eigenvalue weighted by Crippen LogP contribution is -2.34. The second-order valence-electron chi connectivity index (χ2n) is 6.03. The van der Waals surface area contributed by atoms with Crippen molar-refractivity contribution >= 4 is 11.5 Å². The largest absolute Gasteiger partial charge is 0.497 e. The lowest BCUT2D eigenvalue weighted by atomic mass is 9.99. The van der Waals surface area contributed by atoms with Crippen molar-refractivity contribution in [3.05, 3.63) is 59.7 Å². The molecule has 5 nitrogen and oxygen atoms in total. The molecule has 128 valence electrons. The summed E-state index contributed by atoms with van der Waals surface area (Å²) in [6, 6.07) is 13.4. The van der Waals surface area contributed by atoms with Crippen LogP contribution in [0.1, 0.15) is 22.3 Å². The molecule has 5 heteroatoms. The molecular formula is C20H19NO4. The third-order valence-electron chi connectivity index (χ3n) is 4.58. The SMILES string of the molecule is COc1ccc(C2=CCN(C(=O)c3ccc4c(c3)OCO4)CC2)cc1. The highest BCUT2D eigenvalue weighted by molar-refractivity contribution is 5.95. The van der Waals surface area contributed by atoms with E-state index in [1.165, 1.54) is 11.1 Å². The molecule has 0 fully saturated rings. The molecule has 0 atom stereocenters. The molecule has 2 aromatic carbocycles. The highest BCUT2D eigenvalue weighted by Crippen LogP contribution is 2.33. The molecular weight excluding hydrogens is 318 g/mol. The van der Waals surface area contributed by atoms with Gasteiger partial charge >= 0.3 is 0 Å². The van der Waals surface area contributed by atoms with E-state index in [2.05, 4.69) is 18.2 Å². The van der Waals surface area contributed by atoms with Crippen LogP contribution in [0.4, 0.5) is 0 Å².